The second kappa shape index (κ2) is 2.81. The SMILES string of the molecule is [C]1=CC=CC2NCCSC12. The number of allylic oxidation sites excluding steroid dienone is 2. The molecule has 0 amide bonds. The van der Waals surface area contributed by atoms with Gasteiger partial charge in [0.2, 0.25) is 0 Å². The Balaban J connectivity index is 2.09. The summed E-state index contributed by atoms with van der Waals surface area (Å²) in [5.74, 6) is 1.22. The van der Waals surface area contributed by atoms with Gasteiger partial charge in [0.25, 0.3) is 0 Å². The first-order valence-corrected chi connectivity index (χ1v) is 4.63. The molecule has 0 aromatic carbocycles. The van der Waals surface area contributed by atoms with Crippen molar-refractivity contribution in [2.75, 3.05) is 12.3 Å². The van der Waals surface area contributed by atoms with E-state index in [1.807, 2.05) is 17.8 Å². The smallest absolute Gasteiger partial charge is 0.0490 e. The van der Waals surface area contributed by atoms with Gasteiger partial charge in [-0.3, -0.25) is 0 Å². The highest BCUT2D eigenvalue weighted by atomic mass is 32.2. The van der Waals surface area contributed by atoms with Crippen LogP contribution >= 0.6 is 11.8 Å². The Morgan fingerprint density at radius 2 is 2.60 bits per heavy atom. The highest BCUT2D eigenvalue weighted by Gasteiger charge is 2.21. The lowest BCUT2D eigenvalue weighted by molar-refractivity contribution is 0.607. The molecule has 1 radical (unpaired) electrons. The molecule has 10 heavy (non-hydrogen) atoms. The van der Waals surface area contributed by atoms with Crippen LogP contribution in [0, 0.1) is 6.08 Å². The molecule has 1 saturated heterocycles. The van der Waals surface area contributed by atoms with E-state index in [2.05, 4.69) is 23.5 Å². The monoisotopic (exact) mass is 152 g/mol. The minimum Gasteiger partial charge on any atom is -0.308 e. The minimum atomic E-state index is 0.545. The van der Waals surface area contributed by atoms with Crippen LogP contribution in [0.2, 0.25) is 0 Å². The molecule has 0 aromatic heterocycles. The van der Waals surface area contributed by atoms with Crippen LogP contribution in [0.4, 0.5) is 0 Å². The molecular weight excluding hydrogens is 142 g/mol. The Morgan fingerprint density at radius 3 is 3.50 bits per heavy atom. The fourth-order valence-electron chi connectivity index (χ4n) is 1.27. The van der Waals surface area contributed by atoms with Crippen molar-refractivity contribution in [1.82, 2.24) is 5.32 Å². The third-order valence-electron chi connectivity index (χ3n) is 1.78. The standard InChI is InChI=1S/C8H10NS/c1-2-4-8-7(3-1)9-5-6-10-8/h1-3,7-9H,5-6H2. The van der Waals surface area contributed by atoms with Gasteiger partial charge in [-0.1, -0.05) is 18.2 Å². The topological polar surface area (TPSA) is 12.0 Å². The maximum Gasteiger partial charge on any atom is 0.0490 e. The van der Waals surface area contributed by atoms with Crippen LogP contribution in [0.5, 0.6) is 0 Å². The van der Waals surface area contributed by atoms with Crippen molar-refractivity contribution in [3.05, 3.63) is 24.3 Å². The molecule has 2 atom stereocenters. The number of fused-ring (bicyclic) bond motifs is 1. The molecule has 0 saturated carbocycles. The van der Waals surface area contributed by atoms with Gasteiger partial charge in [-0.05, 0) is 6.08 Å². The van der Waals surface area contributed by atoms with Crippen molar-refractivity contribution in [3.63, 3.8) is 0 Å². The van der Waals surface area contributed by atoms with Gasteiger partial charge in [-0.2, -0.15) is 11.8 Å². The lowest BCUT2D eigenvalue weighted by Gasteiger charge is -2.28. The van der Waals surface area contributed by atoms with Crippen molar-refractivity contribution in [3.8, 4) is 0 Å². The third kappa shape index (κ3) is 1.13. The van der Waals surface area contributed by atoms with E-state index in [1.165, 1.54) is 5.75 Å². The lowest BCUT2D eigenvalue weighted by Crippen LogP contribution is -2.42. The maximum absolute atomic E-state index is 3.43. The Morgan fingerprint density at radius 1 is 1.60 bits per heavy atom. The summed E-state index contributed by atoms with van der Waals surface area (Å²) < 4.78 is 0. The molecule has 2 unspecified atom stereocenters. The second-order valence-electron chi connectivity index (χ2n) is 2.49. The maximum atomic E-state index is 3.43. The van der Waals surface area contributed by atoms with E-state index in [-0.39, 0.29) is 0 Å². The van der Waals surface area contributed by atoms with E-state index in [4.69, 9.17) is 0 Å². The van der Waals surface area contributed by atoms with Crippen LogP contribution in [-0.2, 0) is 0 Å². The largest absolute Gasteiger partial charge is 0.308 e. The van der Waals surface area contributed by atoms with Gasteiger partial charge in [0.05, 0.1) is 0 Å². The summed E-state index contributed by atoms with van der Waals surface area (Å²) in [4.78, 5) is 0. The molecule has 0 spiro atoms. The third-order valence-corrected chi connectivity index (χ3v) is 3.01. The normalized spacial score (nSPS) is 37.6. The summed E-state index contributed by atoms with van der Waals surface area (Å²) >= 11 is 1.99. The van der Waals surface area contributed by atoms with Crippen molar-refractivity contribution in [2.45, 2.75) is 11.3 Å². The summed E-state index contributed by atoms with van der Waals surface area (Å²) in [6.45, 7) is 1.14. The highest BCUT2D eigenvalue weighted by Crippen LogP contribution is 2.22. The first-order valence-electron chi connectivity index (χ1n) is 3.58. The number of hydrogen-bond donors (Lipinski definition) is 1. The number of hydrogen-bond acceptors (Lipinski definition) is 2. The first kappa shape index (κ1) is 6.50. The van der Waals surface area contributed by atoms with Crippen molar-refractivity contribution in [1.29, 1.82) is 0 Å². The molecule has 1 nitrogen and oxygen atoms in total. The van der Waals surface area contributed by atoms with Crippen LogP contribution < -0.4 is 5.32 Å². The summed E-state index contributed by atoms with van der Waals surface area (Å²) in [6, 6.07) is 0.545. The van der Waals surface area contributed by atoms with E-state index >= 15 is 0 Å². The van der Waals surface area contributed by atoms with Gasteiger partial charge >= 0.3 is 0 Å². The van der Waals surface area contributed by atoms with Gasteiger partial charge in [0.15, 0.2) is 0 Å². The van der Waals surface area contributed by atoms with Crippen LogP contribution in [0.15, 0.2) is 18.2 Å². The Labute approximate surface area is 65.6 Å². The quantitative estimate of drug-likeness (QED) is 0.555. The number of thioether (sulfide) groups is 1. The molecule has 0 bridgehead atoms. The van der Waals surface area contributed by atoms with Gasteiger partial charge in [-0.15, -0.1) is 0 Å². The van der Waals surface area contributed by atoms with Gasteiger partial charge in [0.1, 0.15) is 0 Å². The summed E-state index contributed by atoms with van der Waals surface area (Å²) in [5, 5.41) is 4.00. The zero-order chi connectivity index (χ0) is 6.81. The van der Waals surface area contributed by atoms with E-state index in [0.717, 1.165) is 6.54 Å². The van der Waals surface area contributed by atoms with Crippen molar-refractivity contribution in [2.24, 2.45) is 0 Å². The average molecular weight is 152 g/mol. The minimum absolute atomic E-state index is 0.545. The van der Waals surface area contributed by atoms with Gasteiger partial charge < -0.3 is 5.32 Å². The Bertz CT molecular complexity index is 154. The van der Waals surface area contributed by atoms with Crippen LogP contribution in [-0.4, -0.2) is 23.6 Å². The van der Waals surface area contributed by atoms with Gasteiger partial charge in [-0.25, -0.2) is 0 Å². The molecule has 2 aliphatic rings. The van der Waals surface area contributed by atoms with E-state index in [9.17, 15) is 0 Å². The molecule has 2 rings (SSSR count). The summed E-state index contributed by atoms with van der Waals surface area (Å²) in [7, 11) is 0. The average Bonchev–Trinajstić information content (AvgIpc) is 2.05. The van der Waals surface area contributed by atoms with Crippen molar-refractivity contribution >= 4 is 11.8 Å². The lowest BCUT2D eigenvalue weighted by atomic mass is 10.1. The fourth-order valence-corrected chi connectivity index (χ4v) is 2.33. The Kier molecular flexibility index (Phi) is 1.82. The van der Waals surface area contributed by atoms with Crippen LogP contribution in [0.3, 0.4) is 0 Å². The zero-order valence-corrected chi connectivity index (χ0v) is 6.53. The van der Waals surface area contributed by atoms with E-state index in [0.29, 0.717) is 11.3 Å². The summed E-state index contributed by atoms with van der Waals surface area (Å²) in [5.41, 5.74) is 0. The molecular formula is C8H10NS. The number of nitrogens with one attached hydrogen (secondary N) is 1. The highest BCUT2D eigenvalue weighted by molar-refractivity contribution is 8.00. The van der Waals surface area contributed by atoms with E-state index < -0.39 is 0 Å². The molecule has 1 N–H and O–H groups in total. The molecule has 1 aliphatic carbocycles. The van der Waals surface area contributed by atoms with Crippen LogP contribution in [0.25, 0.3) is 0 Å². The predicted octanol–water partition coefficient (Wildman–Crippen LogP) is 0.989. The predicted molar refractivity (Wildman–Crippen MR) is 45.0 cm³/mol. The molecule has 0 aromatic rings. The molecule has 1 heterocycles. The molecule has 1 fully saturated rings. The molecule has 1 aliphatic heterocycles. The second-order valence-corrected chi connectivity index (χ2v) is 3.74. The summed E-state index contributed by atoms with van der Waals surface area (Å²) in [6.07, 6.45) is 9.61. The van der Waals surface area contributed by atoms with Crippen molar-refractivity contribution < 1.29 is 0 Å². The fraction of sp³-hybridized carbons (Fsp3) is 0.500. The zero-order valence-electron chi connectivity index (χ0n) is 5.71. The number of rotatable bonds is 0. The van der Waals surface area contributed by atoms with Crippen LogP contribution in [0.1, 0.15) is 0 Å². The van der Waals surface area contributed by atoms with E-state index in [1.54, 1.807) is 0 Å². The molecule has 2 heteroatoms. The van der Waals surface area contributed by atoms with Gasteiger partial charge in [0, 0.05) is 23.6 Å². The first-order chi connectivity index (χ1) is 4.97. The molecule has 53 valence electrons. The Hall–Kier alpha value is -0.210.